The minimum Gasteiger partial charge on any atom is -0.354 e. The van der Waals surface area contributed by atoms with E-state index in [1.807, 2.05) is 0 Å². The van der Waals surface area contributed by atoms with E-state index in [1.54, 1.807) is 18.2 Å². The lowest BCUT2D eigenvalue weighted by Gasteiger charge is -1.92. The average molecular weight is 248 g/mol. The topological polar surface area (TPSA) is 69.2 Å². The molecule has 0 unspecified atom stereocenters. The molecule has 1 aromatic carbocycles. The Balaban J connectivity index is 2.29. The minimum atomic E-state index is -0.545. The molecule has 0 N–H and O–H groups in total. The maximum absolute atomic E-state index is 12.7. The van der Waals surface area contributed by atoms with Crippen molar-refractivity contribution in [2.24, 2.45) is 0 Å². The molecule has 0 aliphatic rings. The van der Waals surface area contributed by atoms with E-state index in [0.29, 0.717) is 5.56 Å². The summed E-state index contributed by atoms with van der Waals surface area (Å²) in [6.07, 6.45) is 3.06. The van der Waals surface area contributed by atoms with Crippen LogP contribution in [0.4, 0.5) is 10.1 Å². The van der Waals surface area contributed by atoms with Crippen LogP contribution in [0.25, 0.3) is 12.2 Å². The first-order valence-corrected chi connectivity index (χ1v) is 5.12. The molecule has 2 aromatic rings. The summed E-state index contributed by atoms with van der Waals surface area (Å²) in [7, 11) is 0. The van der Waals surface area contributed by atoms with Crippen LogP contribution < -0.4 is 0 Å². The Morgan fingerprint density at radius 2 is 2.00 bits per heavy atom. The molecule has 1 aromatic heterocycles. The van der Waals surface area contributed by atoms with Crippen LogP contribution in [0.1, 0.15) is 17.0 Å². The van der Waals surface area contributed by atoms with Gasteiger partial charge in [0.1, 0.15) is 5.82 Å². The van der Waals surface area contributed by atoms with Crippen molar-refractivity contribution in [1.82, 2.24) is 5.16 Å². The minimum absolute atomic E-state index is 0.141. The SMILES string of the molecule is Cc1onc(C=Cc2ccc(F)cc2)c1[N+](=O)[O-]. The first-order valence-electron chi connectivity index (χ1n) is 5.12. The second-order valence-electron chi connectivity index (χ2n) is 3.61. The van der Waals surface area contributed by atoms with Crippen molar-refractivity contribution in [2.75, 3.05) is 0 Å². The van der Waals surface area contributed by atoms with Gasteiger partial charge in [0.25, 0.3) is 0 Å². The van der Waals surface area contributed by atoms with E-state index in [9.17, 15) is 14.5 Å². The summed E-state index contributed by atoms with van der Waals surface area (Å²) in [5, 5.41) is 14.4. The quantitative estimate of drug-likeness (QED) is 0.617. The predicted molar refractivity (Wildman–Crippen MR) is 63.2 cm³/mol. The number of aryl methyl sites for hydroxylation is 1. The number of nitro groups is 1. The van der Waals surface area contributed by atoms with Crippen LogP contribution in [-0.4, -0.2) is 10.1 Å². The van der Waals surface area contributed by atoms with Crippen molar-refractivity contribution in [1.29, 1.82) is 0 Å². The summed E-state index contributed by atoms with van der Waals surface area (Å²) < 4.78 is 17.4. The summed E-state index contributed by atoms with van der Waals surface area (Å²) in [5.41, 5.74) is 0.696. The molecule has 0 saturated heterocycles. The van der Waals surface area contributed by atoms with Gasteiger partial charge in [0.05, 0.1) is 4.92 Å². The molecule has 0 radical (unpaired) electrons. The Kier molecular flexibility index (Phi) is 3.18. The highest BCUT2D eigenvalue weighted by atomic mass is 19.1. The van der Waals surface area contributed by atoms with Crippen molar-refractivity contribution in [3.05, 3.63) is 57.2 Å². The summed E-state index contributed by atoms with van der Waals surface area (Å²) >= 11 is 0. The van der Waals surface area contributed by atoms with Gasteiger partial charge in [0, 0.05) is 6.92 Å². The highest BCUT2D eigenvalue weighted by molar-refractivity contribution is 5.72. The molecule has 0 fully saturated rings. The Labute approximate surface area is 102 Å². The Hall–Kier alpha value is -2.50. The lowest BCUT2D eigenvalue weighted by molar-refractivity contribution is -0.386. The maximum Gasteiger partial charge on any atom is 0.338 e. The standard InChI is InChI=1S/C12H9FN2O3/c1-8-12(15(16)17)11(14-18-8)7-4-9-2-5-10(13)6-3-9/h2-7H,1H3. The van der Waals surface area contributed by atoms with Crippen molar-refractivity contribution in [3.63, 3.8) is 0 Å². The first kappa shape index (κ1) is 12.0. The molecule has 0 aliphatic carbocycles. The zero-order valence-corrected chi connectivity index (χ0v) is 9.46. The average Bonchev–Trinajstić information content (AvgIpc) is 2.70. The molecule has 0 atom stereocenters. The second kappa shape index (κ2) is 4.79. The fourth-order valence-electron chi connectivity index (χ4n) is 1.46. The molecule has 2 rings (SSSR count). The summed E-state index contributed by atoms with van der Waals surface area (Å²) in [6.45, 7) is 1.47. The van der Waals surface area contributed by atoms with Gasteiger partial charge >= 0.3 is 5.69 Å². The molecule has 0 bridgehead atoms. The molecule has 1 heterocycles. The summed E-state index contributed by atoms with van der Waals surface area (Å²) in [4.78, 5) is 10.2. The highest BCUT2D eigenvalue weighted by Crippen LogP contribution is 2.24. The van der Waals surface area contributed by atoms with Crippen LogP contribution in [0.15, 0.2) is 28.8 Å². The third kappa shape index (κ3) is 2.42. The van der Waals surface area contributed by atoms with Crippen LogP contribution in [0.3, 0.4) is 0 Å². The molecule has 0 amide bonds. The van der Waals surface area contributed by atoms with E-state index >= 15 is 0 Å². The van der Waals surface area contributed by atoms with E-state index in [-0.39, 0.29) is 23.0 Å². The van der Waals surface area contributed by atoms with Crippen LogP contribution in [-0.2, 0) is 0 Å². The maximum atomic E-state index is 12.7. The van der Waals surface area contributed by atoms with E-state index in [4.69, 9.17) is 4.52 Å². The molecule has 0 spiro atoms. The van der Waals surface area contributed by atoms with Crippen LogP contribution >= 0.6 is 0 Å². The number of hydrogen-bond donors (Lipinski definition) is 0. The molecule has 6 heteroatoms. The third-order valence-corrected chi connectivity index (χ3v) is 2.34. The molecule has 92 valence electrons. The normalized spacial score (nSPS) is 11.0. The van der Waals surface area contributed by atoms with E-state index in [1.165, 1.54) is 25.1 Å². The van der Waals surface area contributed by atoms with Gasteiger partial charge in [-0.3, -0.25) is 10.1 Å². The summed E-state index contributed by atoms with van der Waals surface area (Å²) in [5.74, 6) is -0.186. The molecular formula is C12H9FN2O3. The molecule has 0 aliphatic heterocycles. The lowest BCUT2D eigenvalue weighted by Crippen LogP contribution is -1.90. The molecule has 5 nitrogen and oxygen atoms in total. The highest BCUT2D eigenvalue weighted by Gasteiger charge is 2.21. The van der Waals surface area contributed by atoms with Gasteiger partial charge in [-0.25, -0.2) is 4.39 Å². The van der Waals surface area contributed by atoms with E-state index in [2.05, 4.69) is 5.16 Å². The second-order valence-corrected chi connectivity index (χ2v) is 3.61. The van der Waals surface area contributed by atoms with E-state index in [0.717, 1.165) is 0 Å². The monoisotopic (exact) mass is 248 g/mol. The number of hydrogen-bond acceptors (Lipinski definition) is 4. The largest absolute Gasteiger partial charge is 0.354 e. The molecule has 0 saturated carbocycles. The van der Waals surface area contributed by atoms with E-state index < -0.39 is 4.92 Å². The zero-order chi connectivity index (χ0) is 13.1. The number of rotatable bonds is 3. The van der Waals surface area contributed by atoms with Gasteiger partial charge in [0.2, 0.25) is 5.76 Å². The van der Waals surface area contributed by atoms with Crippen molar-refractivity contribution >= 4 is 17.8 Å². The predicted octanol–water partition coefficient (Wildman–Crippen LogP) is 3.20. The third-order valence-electron chi connectivity index (χ3n) is 2.34. The van der Waals surface area contributed by atoms with Crippen molar-refractivity contribution < 1.29 is 13.8 Å². The fourth-order valence-corrected chi connectivity index (χ4v) is 1.46. The summed E-state index contributed by atoms with van der Waals surface area (Å²) in [6, 6.07) is 5.74. The van der Waals surface area contributed by atoms with Gasteiger partial charge in [-0.2, -0.15) is 0 Å². The first-order chi connectivity index (χ1) is 8.58. The number of aromatic nitrogens is 1. The fraction of sp³-hybridized carbons (Fsp3) is 0.0833. The molecular weight excluding hydrogens is 239 g/mol. The van der Waals surface area contributed by atoms with Crippen LogP contribution in [0.5, 0.6) is 0 Å². The van der Waals surface area contributed by atoms with Crippen LogP contribution in [0, 0.1) is 22.9 Å². The Morgan fingerprint density at radius 1 is 1.33 bits per heavy atom. The van der Waals surface area contributed by atoms with Crippen molar-refractivity contribution in [2.45, 2.75) is 6.92 Å². The number of benzene rings is 1. The number of nitrogens with zero attached hydrogens (tertiary/aromatic N) is 2. The van der Waals surface area contributed by atoms with Gasteiger partial charge in [0.15, 0.2) is 5.69 Å². The Morgan fingerprint density at radius 3 is 2.61 bits per heavy atom. The lowest BCUT2D eigenvalue weighted by atomic mass is 10.2. The van der Waals surface area contributed by atoms with Crippen molar-refractivity contribution in [3.8, 4) is 0 Å². The van der Waals surface area contributed by atoms with Gasteiger partial charge < -0.3 is 4.52 Å². The van der Waals surface area contributed by atoms with Gasteiger partial charge in [-0.05, 0) is 23.8 Å². The molecule has 18 heavy (non-hydrogen) atoms. The smallest absolute Gasteiger partial charge is 0.338 e. The number of halogens is 1. The van der Waals surface area contributed by atoms with Gasteiger partial charge in [-0.15, -0.1) is 0 Å². The Bertz CT molecular complexity index is 602. The zero-order valence-electron chi connectivity index (χ0n) is 9.46. The van der Waals surface area contributed by atoms with Gasteiger partial charge in [-0.1, -0.05) is 23.4 Å². The van der Waals surface area contributed by atoms with Crippen LogP contribution in [0.2, 0.25) is 0 Å².